The molecular weight excluding hydrogens is 302 g/mol. The van der Waals surface area contributed by atoms with E-state index in [9.17, 15) is 4.79 Å². The monoisotopic (exact) mass is 325 g/mol. The van der Waals surface area contributed by atoms with Gasteiger partial charge in [-0.1, -0.05) is 42.0 Å². The Morgan fingerprint density at radius 1 is 1.25 bits per heavy atom. The maximum absolute atomic E-state index is 13.3. The van der Waals surface area contributed by atoms with Gasteiger partial charge in [-0.3, -0.25) is 4.79 Å². The molecule has 1 aromatic carbocycles. The highest BCUT2D eigenvalue weighted by Crippen LogP contribution is 2.46. The smallest absolute Gasteiger partial charge is 0.229 e. The topological polar surface area (TPSA) is 74.8 Å². The van der Waals surface area contributed by atoms with E-state index in [2.05, 4.69) is 44.9 Å². The van der Waals surface area contributed by atoms with E-state index >= 15 is 0 Å². The van der Waals surface area contributed by atoms with E-state index in [1.807, 2.05) is 11.0 Å². The van der Waals surface area contributed by atoms with Crippen molar-refractivity contribution in [1.29, 1.82) is 0 Å². The molecule has 2 aromatic rings. The molecule has 0 bridgehead atoms. The van der Waals surface area contributed by atoms with Crippen molar-refractivity contribution >= 4 is 5.91 Å². The van der Waals surface area contributed by atoms with E-state index in [-0.39, 0.29) is 11.3 Å². The number of piperidine rings is 1. The highest BCUT2D eigenvalue weighted by atomic mass is 16.2. The molecule has 1 atom stereocenters. The number of aromatic amines is 1. The van der Waals surface area contributed by atoms with Gasteiger partial charge in [0.1, 0.15) is 0 Å². The average Bonchev–Trinajstić information content (AvgIpc) is 3.13. The van der Waals surface area contributed by atoms with Crippen LogP contribution in [0.3, 0.4) is 0 Å². The summed E-state index contributed by atoms with van der Waals surface area (Å²) in [5, 5.41) is 14.4. The van der Waals surface area contributed by atoms with Crippen LogP contribution in [0.1, 0.15) is 49.4 Å². The predicted octanol–water partition coefficient (Wildman–Crippen LogP) is 2.32. The van der Waals surface area contributed by atoms with Gasteiger partial charge in [0.05, 0.1) is 5.41 Å². The molecule has 1 saturated carbocycles. The van der Waals surface area contributed by atoms with Gasteiger partial charge >= 0.3 is 0 Å². The number of carbonyl (C=O) groups excluding carboxylic acids is 1. The lowest BCUT2D eigenvalue weighted by Crippen LogP contribution is -2.51. The van der Waals surface area contributed by atoms with Gasteiger partial charge in [-0.25, -0.2) is 0 Å². The zero-order valence-electron chi connectivity index (χ0n) is 13.8. The number of nitrogens with one attached hydrogen (secondary N) is 1. The molecule has 24 heavy (non-hydrogen) atoms. The van der Waals surface area contributed by atoms with Crippen LogP contribution in [0.15, 0.2) is 30.3 Å². The van der Waals surface area contributed by atoms with Crippen molar-refractivity contribution in [1.82, 2.24) is 25.5 Å². The summed E-state index contributed by atoms with van der Waals surface area (Å²) in [5.41, 5.74) is 1.07. The zero-order valence-corrected chi connectivity index (χ0v) is 13.8. The molecule has 0 spiro atoms. The molecule has 6 heteroatoms. The number of carbonyl (C=O) groups is 1. The number of aromatic nitrogens is 4. The number of hydrogen-bond donors (Lipinski definition) is 1. The summed E-state index contributed by atoms with van der Waals surface area (Å²) < 4.78 is 0. The minimum atomic E-state index is -0.194. The second-order valence-electron chi connectivity index (χ2n) is 7.16. The van der Waals surface area contributed by atoms with Crippen molar-refractivity contribution in [3.8, 4) is 0 Å². The van der Waals surface area contributed by atoms with Crippen LogP contribution < -0.4 is 0 Å². The van der Waals surface area contributed by atoms with Crippen molar-refractivity contribution in [3.05, 3.63) is 41.7 Å². The van der Waals surface area contributed by atoms with Crippen molar-refractivity contribution < 1.29 is 4.79 Å². The third-order valence-electron chi connectivity index (χ3n) is 5.59. The Hall–Kier alpha value is -2.24. The van der Waals surface area contributed by atoms with Crippen LogP contribution in [0, 0.1) is 5.41 Å². The van der Waals surface area contributed by atoms with Gasteiger partial charge in [0.2, 0.25) is 5.91 Å². The first-order valence-electron chi connectivity index (χ1n) is 8.83. The summed E-state index contributed by atoms with van der Waals surface area (Å²) in [4.78, 5) is 15.3. The Morgan fingerprint density at radius 2 is 2.08 bits per heavy atom. The summed E-state index contributed by atoms with van der Waals surface area (Å²) in [6, 6.07) is 10.4. The first-order chi connectivity index (χ1) is 11.8. The fourth-order valence-corrected chi connectivity index (χ4v) is 4.11. The summed E-state index contributed by atoms with van der Waals surface area (Å²) in [6.07, 6.45) is 6.05. The first-order valence-corrected chi connectivity index (χ1v) is 8.83. The van der Waals surface area contributed by atoms with Crippen LogP contribution in [-0.4, -0.2) is 44.5 Å². The van der Waals surface area contributed by atoms with Gasteiger partial charge in [-0.15, -0.1) is 10.2 Å². The molecule has 2 heterocycles. The number of rotatable bonds is 4. The third-order valence-corrected chi connectivity index (χ3v) is 5.59. The summed E-state index contributed by atoms with van der Waals surface area (Å²) in [5.74, 6) is 1.26. The van der Waals surface area contributed by atoms with Crippen LogP contribution in [-0.2, 0) is 11.2 Å². The van der Waals surface area contributed by atoms with Crippen LogP contribution in [0.25, 0.3) is 0 Å². The number of nitrogens with zero attached hydrogens (tertiary/aromatic N) is 4. The Balaban J connectivity index is 1.49. The van der Waals surface area contributed by atoms with Gasteiger partial charge < -0.3 is 4.90 Å². The van der Waals surface area contributed by atoms with Gasteiger partial charge in [-0.05, 0) is 37.7 Å². The first kappa shape index (κ1) is 15.3. The number of hydrogen-bond acceptors (Lipinski definition) is 4. The molecule has 1 saturated heterocycles. The number of H-pyrrole nitrogens is 1. The highest BCUT2D eigenvalue weighted by Gasteiger charge is 2.47. The number of benzene rings is 1. The van der Waals surface area contributed by atoms with Crippen molar-refractivity contribution in [3.63, 3.8) is 0 Å². The van der Waals surface area contributed by atoms with Crippen LogP contribution >= 0.6 is 0 Å². The molecule has 1 aromatic heterocycles. The van der Waals surface area contributed by atoms with E-state index in [1.54, 1.807) is 0 Å². The zero-order chi connectivity index (χ0) is 16.4. The van der Waals surface area contributed by atoms with Crippen LogP contribution in [0.2, 0.25) is 0 Å². The van der Waals surface area contributed by atoms with E-state index < -0.39 is 0 Å². The minimum absolute atomic E-state index is 0.194. The molecule has 2 fully saturated rings. The molecule has 6 nitrogen and oxygen atoms in total. The summed E-state index contributed by atoms with van der Waals surface area (Å²) >= 11 is 0. The molecule has 126 valence electrons. The standard InChI is InChI=1S/C18H23N5O/c24-17(18(9-5-10-18)12-14-6-2-1-3-7-14)23-11-4-8-15(13-23)16-19-21-22-20-16/h1-3,6-7,15H,4-5,8-13H2,(H,19,20,21,22). The van der Waals surface area contributed by atoms with Gasteiger partial charge in [0.15, 0.2) is 5.82 Å². The second-order valence-corrected chi connectivity index (χ2v) is 7.16. The Morgan fingerprint density at radius 3 is 2.75 bits per heavy atom. The Bertz CT molecular complexity index is 681. The van der Waals surface area contributed by atoms with Gasteiger partial charge in [-0.2, -0.15) is 5.21 Å². The van der Waals surface area contributed by atoms with Crippen molar-refractivity contribution in [2.45, 2.75) is 44.4 Å². The molecule has 0 radical (unpaired) electrons. The fraction of sp³-hybridized carbons (Fsp3) is 0.556. The molecule has 1 unspecified atom stereocenters. The molecular formula is C18H23N5O. The fourth-order valence-electron chi connectivity index (χ4n) is 4.11. The summed E-state index contributed by atoms with van der Waals surface area (Å²) in [6.45, 7) is 1.57. The maximum Gasteiger partial charge on any atom is 0.229 e. The lowest BCUT2D eigenvalue weighted by molar-refractivity contribution is -0.148. The molecule has 1 N–H and O–H groups in total. The van der Waals surface area contributed by atoms with Gasteiger partial charge in [0, 0.05) is 19.0 Å². The maximum atomic E-state index is 13.3. The van der Waals surface area contributed by atoms with E-state index in [1.165, 1.54) is 5.56 Å². The Kier molecular flexibility index (Phi) is 4.04. The van der Waals surface area contributed by atoms with E-state index in [0.717, 1.165) is 57.4 Å². The highest BCUT2D eigenvalue weighted by molar-refractivity contribution is 5.84. The number of tetrazole rings is 1. The molecule has 1 amide bonds. The van der Waals surface area contributed by atoms with Gasteiger partial charge in [0.25, 0.3) is 0 Å². The lowest BCUT2D eigenvalue weighted by atomic mass is 9.64. The predicted molar refractivity (Wildman–Crippen MR) is 89.2 cm³/mol. The second kappa shape index (κ2) is 6.34. The summed E-state index contributed by atoms with van der Waals surface area (Å²) in [7, 11) is 0. The van der Waals surface area contributed by atoms with Crippen molar-refractivity contribution in [2.75, 3.05) is 13.1 Å². The number of amides is 1. The Labute approximate surface area is 141 Å². The van der Waals surface area contributed by atoms with E-state index in [4.69, 9.17) is 0 Å². The molecule has 2 aliphatic rings. The minimum Gasteiger partial charge on any atom is -0.341 e. The number of likely N-dealkylation sites (tertiary alicyclic amines) is 1. The molecule has 1 aliphatic heterocycles. The normalized spacial score (nSPS) is 22.8. The van der Waals surface area contributed by atoms with E-state index in [0.29, 0.717) is 5.91 Å². The van der Waals surface area contributed by atoms with Crippen LogP contribution in [0.5, 0.6) is 0 Å². The lowest BCUT2D eigenvalue weighted by Gasteiger charge is -2.45. The van der Waals surface area contributed by atoms with Crippen molar-refractivity contribution in [2.24, 2.45) is 5.41 Å². The third kappa shape index (κ3) is 2.81. The quantitative estimate of drug-likeness (QED) is 0.936. The SMILES string of the molecule is O=C(N1CCCC(c2nn[nH]n2)C1)C1(Cc2ccccc2)CCC1. The molecule has 4 rings (SSSR count). The average molecular weight is 325 g/mol. The largest absolute Gasteiger partial charge is 0.341 e. The molecule has 1 aliphatic carbocycles. The van der Waals surface area contributed by atoms with Crippen LogP contribution in [0.4, 0.5) is 0 Å².